The first-order valence-corrected chi connectivity index (χ1v) is 12.0. The van der Waals surface area contributed by atoms with Crippen LogP contribution in [0, 0.1) is 6.92 Å². The number of hydrogen-bond donors (Lipinski definition) is 1. The highest BCUT2D eigenvalue weighted by atomic mass is 32.2. The lowest BCUT2D eigenvalue weighted by Gasteiger charge is -2.20. The van der Waals surface area contributed by atoms with Crippen LogP contribution in [0.2, 0.25) is 0 Å². The Bertz CT molecular complexity index is 1360. The Kier molecular flexibility index (Phi) is 5.60. The molecule has 0 bridgehead atoms. The molecule has 30 heavy (non-hydrogen) atoms. The number of benzene rings is 3. The van der Waals surface area contributed by atoms with E-state index in [9.17, 15) is 13.2 Å². The van der Waals surface area contributed by atoms with E-state index >= 15 is 0 Å². The molecule has 0 spiro atoms. The lowest BCUT2D eigenvalue weighted by Crippen LogP contribution is -2.29. The molecule has 1 atom stereocenters. The molecule has 4 rings (SSSR count). The fourth-order valence-corrected chi connectivity index (χ4v) is 5.87. The highest BCUT2D eigenvalue weighted by Gasteiger charge is 2.24. The summed E-state index contributed by atoms with van der Waals surface area (Å²) in [7, 11) is -3.83. The maximum atomic E-state index is 13.3. The van der Waals surface area contributed by atoms with E-state index in [1.807, 2.05) is 68.4 Å². The van der Waals surface area contributed by atoms with Crippen molar-refractivity contribution >= 4 is 31.6 Å². The number of hydrogen-bond acceptors (Lipinski definition) is 4. The molecule has 0 radical (unpaired) electrons. The second-order valence-electron chi connectivity index (χ2n) is 7.12. The van der Waals surface area contributed by atoms with Gasteiger partial charge >= 0.3 is 4.87 Å². The Morgan fingerprint density at radius 2 is 1.70 bits per heavy atom. The lowest BCUT2D eigenvalue weighted by atomic mass is 9.98. The van der Waals surface area contributed by atoms with Gasteiger partial charge in [-0.3, -0.25) is 9.36 Å². The van der Waals surface area contributed by atoms with Crippen LogP contribution in [0.15, 0.2) is 82.5 Å². The molecule has 1 N–H and O–H groups in total. The van der Waals surface area contributed by atoms with E-state index in [1.54, 1.807) is 22.8 Å². The molecular weight excluding hydrogens is 416 g/mol. The quantitative estimate of drug-likeness (QED) is 0.483. The van der Waals surface area contributed by atoms with Gasteiger partial charge in [0.25, 0.3) is 0 Å². The summed E-state index contributed by atoms with van der Waals surface area (Å²) in [5.74, 6) is 0. The predicted octanol–water partition coefficient (Wildman–Crippen LogP) is 4.46. The summed E-state index contributed by atoms with van der Waals surface area (Å²) in [4.78, 5) is 12.2. The molecule has 1 aromatic heterocycles. The summed E-state index contributed by atoms with van der Waals surface area (Å²) in [6.07, 6.45) is 0. The Morgan fingerprint density at radius 3 is 2.40 bits per heavy atom. The minimum atomic E-state index is -3.83. The fraction of sp³-hybridized carbons (Fsp3) is 0.174. The Balaban J connectivity index is 1.77. The first-order chi connectivity index (χ1) is 14.4. The molecule has 0 aliphatic carbocycles. The number of thiazole rings is 1. The van der Waals surface area contributed by atoms with Crippen molar-refractivity contribution < 1.29 is 8.42 Å². The molecule has 1 unspecified atom stereocenters. The van der Waals surface area contributed by atoms with Gasteiger partial charge in [-0.2, -0.15) is 4.72 Å². The molecular formula is C23H22N2O3S2. The van der Waals surface area contributed by atoms with Crippen LogP contribution in [-0.2, 0) is 16.6 Å². The average molecular weight is 439 g/mol. The van der Waals surface area contributed by atoms with Crippen molar-refractivity contribution in [1.82, 2.24) is 9.29 Å². The van der Waals surface area contributed by atoms with E-state index in [4.69, 9.17) is 0 Å². The number of sulfonamides is 1. The Hall–Kier alpha value is -2.74. The summed E-state index contributed by atoms with van der Waals surface area (Å²) in [5.41, 5.74) is 3.53. The van der Waals surface area contributed by atoms with Gasteiger partial charge < -0.3 is 0 Å². The highest BCUT2D eigenvalue weighted by Crippen LogP contribution is 2.27. The zero-order valence-corrected chi connectivity index (χ0v) is 18.3. The van der Waals surface area contributed by atoms with E-state index in [-0.39, 0.29) is 9.77 Å². The standard InChI is InChI=1S/C23H22N2O3S2/c1-3-25-20-13-12-19(15-21(20)29-23(25)26)30(27,28)24-22(17-9-5-4-6-10-17)18-11-7-8-16(2)14-18/h4-15,22,24H,3H2,1-2H3. The van der Waals surface area contributed by atoms with Crippen LogP contribution in [0.1, 0.15) is 29.7 Å². The second-order valence-corrected chi connectivity index (χ2v) is 9.83. The van der Waals surface area contributed by atoms with E-state index in [0.717, 1.165) is 33.5 Å². The van der Waals surface area contributed by atoms with Crippen LogP contribution in [0.25, 0.3) is 10.2 Å². The zero-order valence-electron chi connectivity index (χ0n) is 16.7. The molecule has 4 aromatic rings. The van der Waals surface area contributed by atoms with E-state index in [0.29, 0.717) is 11.2 Å². The summed E-state index contributed by atoms with van der Waals surface area (Å²) in [5, 5.41) is 0. The van der Waals surface area contributed by atoms with Gasteiger partial charge in [0.15, 0.2) is 0 Å². The van der Waals surface area contributed by atoms with Gasteiger partial charge in [-0.15, -0.1) is 0 Å². The number of aromatic nitrogens is 1. The first kappa shape index (κ1) is 20.5. The van der Waals surface area contributed by atoms with Crippen LogP contribution in [-0.4, -0.2) is 13.0 Å². The Morgan fingerprint density at radius 1 is 0.967 bits per heavy atom. The average Bonchev–Trinajstić information content (AvgIpc) is 3.06. The van der Waals surface area contributed by atoms with Crippen molar-refractivity contribution in [2.75, 3.05) is 0 Å². The monoisotopic (exact) mass is 438 g/mol. The maximum absolute atomic E-state index is 13.3. The third kappa shape index (κ3) is 3.96. The van der Waals surface area contributed by atoms with Gasteiger partial charge in [-0.05, 0) is 43.2 Å². The topological polar surface area (TPSA) is 68.2 Å². The molecule has 5 nitrogen and oxygen atoms in total. The molecule has 7 heteroatoms. The van der Waals surface area contributed by atoms with Gasteiger partial charge in [-0.25, -0.2) is 8.42 Å². The summed E-state index contributed by atoms with van der Waals surface area (Å²) >= 11 is 1.06. The molecule has 3 aromatic carbocycles. The van der Waals surface area contributed by atoms with E-state index in [2.05, 4.69) is 4.72 Å². The Labute approximate surface area is 179 Å². The highest BCUT2D eigenvalue weighted by molar-refractivity contribution is 7.89. The number of nitrogens with one attached hydrogen (secondary N) is 1. The second kappa shape index (κ2) is 8.18. The normalized spacial score (nSPS) is 12.9. The fourth-order valence-electron chi connectivity index (χ4n) is 3.56. The van der Waals surface area contributed by atoms with Gasteiger partial charge in [0.05, 0.1) is 21.2 Å². The van der Waals surface area contributed by atoms with E-state index < -0.39 is 16.1 Å². The van der Waals surface area contributed by atoms with Crippen molar-refractivity contribution in [2.24, 2.45) is 0 Å². The van der Waals surface area contributed by atoms with Crippen molar-refractivity contribution in [3.8, 4) is 0 Å². The molecule has 1 heterocycles. The first-order valence-electron chi connectivity index (χ1n) is 9.66. The van der Waals surface area contributed by atoms with Crippen LogP contribution >= 0.6 is 11.3 Å². The van der Waals surface area contributed by atoms with Crippen LogP contribution in [0.4, 0.5) is 0 Å². The van der Waals surface area contributed by atoms with E-state index in [1.165, 1.54) is 0 Å². The van der Waals surface area contributed by atoms with Crippen molar-refractivity contribution in [3.63, 3.8) is 0 Å². The van der Waals surface area contributed by atoms with Crippen molar-refractivity contribution in [2.45, 2.75) is 31.3 Å². The number of aryl methyl sites for hydroxylation is 2. The van der Waals surface area contributed by atoms with Crippen molar-refractivity contribution in [3.05, 3.63) is 99.2 Å². The molecule has 0 saturated heterocycles. The summed E-state index contributed by atoms with van der Waals surface area (Å²) < 4.78 is 31.7. The van der Waals surface area contributed by atoms with Crippen LogP contribution in [0.3, 0.4) is 0 Å². The molecule has 0 amide bonds. The van der Waals surface area contributed by atoms with Gasteiger partial charge in [-0.1, -0.05) is 71.5 Å². The number of fused-ring (bicyclic) bond motifs is 1. The number of nitrogens with zero attached hydrogens (tertiary/aromatic N) is 1. The smallest absolute Gasteiger partial charge is 0.299 e. The molecule has 0 aliphatic rings. The van der Waals surface area contributed by atoms with Gasteiger partial charge in [0.1, 0.15) is 0 Å². The third-order valence-electron chi connectivity index (χ3n) is 5.05. The lowest BCUT2D eigenvalue weighted by molar-refractivity contribution is 0.572. The van der Waals surface area contributed by atoms with Crippen molar-refractivity contribution in [1.29, 1.82) is 0 Å². The number of rotatable bonds is 6. The third-order valence-corrected chi connectivity index (χ3v) is 7.41. The van der Waals surface area contributed by atoms with Gasteiger partial charge in [0.2, 0.25) is 10.0 Å². The SMILES string of the molecule is CCn1c(=O)sc2cc(S(=O)(=O)NC(c3ccccc3)c3cccc(C)c3)ccc21. The minimum Gasteiger partial charge on any atom is -0.299 e. The maximum Gasteiger partial charge on any atom is 0.308 e. The summed E-state index contributed by atoms with van der Waals surface area (Å²) in [6, 6.07) is 21.6. The molecule has 0 saturated carbocycles. The summed E-state index contributed by atoms with van der Waals surface area (Å²) in [6.45, 7) is 4.42. The molecule has 0 aliphatic heterocycles. The molecule has 0 fully saturated rings. The molecule has 154 valence electrons. The zero-order chi connectivity index (χ0) is 21.3. The predicted molar refractivity (Wildman–Crippen MR) is 122 cm³/mol. The van der Waals surface area contributed by atoms with Gasteiger partial charge in [0, 0.05) is 6.54 Å². The largest absolute Gasteiger partial charge is 0.308 e. The van der Waals surface area contributed by atoms with Crippen LogP contribution < -0.4 is 9.60 Å². The van der Waals surface area contributed by atoms with Crippen LogP contribution in [0.5, 0.6) is 0 Å². The minimum absolute atomic E-state index is 0.0862.